The Balaban J connectivity index is 1.99. The van der Waals surface area contributed by atoms with Crippen molar-refractivity contribution >= 4 is 34.1 Å². The summed E-state index contributed by atoms with van der Waals surface area (Å²) in [6.45, 7) is 1.98. The van der Waals surface area contributed by atoms with Crippen LogP contribution in [0.15, 0.2) is 58.3 Å². The van der Waals surface area contributed by atoms with Crippen LogP contribution in [0.2, 0.25) is 0 Å². The summed E-state index contributed by atoms with van der Waals surface area (Å²) in [5, 5.41) is 2.63. The molecule has 6 heteroatoms. The maximum absolute atomic E-state index is 12.2. The van der Waals surface area contributed by atoms with Gasteiger partial charge in [-0.05, 0) is 24.4 Å². The molecule has 0 unspecified atom stereocenters. The Morgan fingerprint density at radius 2 is 2.04 bits per heavy atom. The van der Waals surface area contributed by atoms with Crippen LogP contribution in [0.1, 0.15) is 17.5 Å². The molecule has 0 bridgehead atoms. The van der Waals surface area contributed by atoms with E-state index in [1.807, 2.05) is 53.9 Å². The number of pyridine rings is 1. The van der Waals surface area contributed by atoms with Crippen LogP contribution in [0.3, 0.4) is 0 Å². The second-order valence-corrected chi connectivity index (χ2v) is 6.59. The Kier molecular flexibility index (Phi) is 4.18. The Morgan fingerprint density at radius 3 is 2.73 bits per heavy atom. The van der Waals surface area contributed by atoms with E-state index in [-0.39, 0.29) is 18.1 Å². The molecule has 4 rings (SSSR count). The van der Waals surface area contributed by atoms with Crippen LogP contribution in [0.4, 0.5) is 5.69 Å². The number of thiophene rings is 1. The molecule has 4 aromatic rings. The highest BCUT2D eigenvalue weighted by Crippen LogP contribution is 2.40. The molecular weight excluding hydrogens is 348 g/mol. The minimum Gasteiger partial charge on any atom is -0.460 e. The first-order valence-electron chi connectivity index (χ1n) is 8.18. The molecule has 0 fully saturated rings. The number of fused-ring (bicyclic) bond motifs is 1. The molecule has 2 N–H and O–H groups in total. The van der Waals surface area contributed by atoms with Gasteiger partial charge in [-0.2, -0.15) is 0 Å². The van der Waals surface area contributed by atoms with Crippen LogP contribution in [0.5, 0.6) is 0 Å². The van der Waals surface area contributed by atoms with Gasteiger partial charge in [0.15, 0.2) is 0 Å². The Morgan fingerprint density at radius 1 is 1.23 bits per heavy atom. The number of furan rings is 1. The van der Waals surface area contributed by atoms with Gasteiger partial charge in [0, 0.05) is 16.0 Å². The molecule has 0 spiro atoms. The number of ether oxygens (including phenoxy) is 1. The van der Waals surface area contributed by atoms with Crippen molar-refractivity contribution in [1.82, 2.24) is 4.98 Å². The standard InChI is InChI=1S/C20H16N2O3S/c1-2-24-20(23)18-17(21)16-13(15-9-6-10-26-15)11-14(22-19(16)25-18)12-7-4-3-5-8-12/h3-11H,2,21H2,1H3. The second-order valence-electron chi connectivity index (χ2n) is 5.64. The molecule has 0 saturated heterocycles. The first-order chi connectivity index (χ1) is 12.7. The Hall–Kier alpha value is -3.12. The summed E-state index contributed by atoms with van der Waals surface area (Å²) in [4.78, 5) is 17.8. The minimum atomic E-state index is -0.582. The molecule has 0 atom stereocenters. The van der Waals surface area contributed by atoms with Gasteiger partial charge >= 0.3 is 5.97 Å². The van der Waals surface area contributed by atoms with Crippen molar-refractivity contribution in [3.05, 3.63) is 59.7 Å². The summed E-state index contributed by atoms with van der Waals surface area (Å²) >= 11 is 1.59. The molecule has 5 nitrogen and oxygen atoms in total. The summed E-state index contributed by atoms with van der Waals surface area (Å²) in [6.07, 6.45) is 0. The van der Waals surface area contributed by atoms with E-state index in [1.165, 1.54) is 0 Å². The fourth-order valence-electron chi connectivity index (χ4n) is 2.85. The quantitative estimate of drug-likeness (QED) is 0.517. The third-order valence-electron chi connectivity index (χ3n) is 4.02. The molecule has 3 heterocycles. The van der Waals surface area contributed by atoms with Crippen molar-refractivity contribution in [3.63, 3.8) is 0 Å². The molecule has 0 aliphatic heterocycles. The third kappa shape index (κ3) is 2.74. The van der Waals surface area contributed by atoms with E-state index in [2.05, 4.69) is 4.98 Å². The molecule has 3 aromatic heterocycles. The van der Waals surface area contributed by atoms with Gasteiger partial charge in [0.1, 0.15) is 0 Å². The van der Waals surface area contributed by atoms with E-state index in [0.717, 1.165) is 21.7 Å². The Bertz CT molecular complexity index is 1070. The average Bonchev–Trinajstić information content (AvgIpc) is 3.30. The maximum atomic E-state index is 12.2. The number of anilines is 1. The lowest BCUT2D eigenvalue weighted by Crippen LogP contribution is -2.05. The topological polar surface area (TPSA) is 78.3 Å². The zero-order valence-electron chi connectivity index (χ0n) is 14.1. The van der Waals surface area contributed by atoms with Crippen LogP contribution in [0, 0.1) is 0 Å². The van der Waals surface area contributed by atoms with Crippen molar-refractivity contribution in [3.8, 4) is 21.7 Å². The van der Waals surface area contributed by atoms with Crippen molar-refractivity contribution in [2.75, 3.05) is 12.3 Å². The number of esters is 1. The molecule has 1 aromatic carbocycles. The molecule has 0 aliphatic rings. The zero-order valence-corrected chi connectivity index (χ0v) is 14.9. The van der Waals surface area contributed by atoms with E-state index < -0.39 is 5.97 Å². The maximum Gasteiger partial charge on any atom is 0.376 e. The summed E-state index contributed by atoms with van der Waals surface area (Å²) in [7, 11) is 0. The van der Waals surface area contributed by atoms with Crippen molar-refractivity contribution < 1.29 is 13.9 Å². The molecule has 0 aliphatic carbocycles. The first kappa shape index (κ1) is 16.4. The first-order valence-corrected chi connectivity index (χ1v) is 9.06. The van der Waals surface area contributed by atoms with Crippen LogP contribution in [-0.2, 0) is 4.74 Å². The van der Waals surface area contributed by atoms with Gasteiger partial charge in [-0.1, -0.05) is 36.4 Å². The van der Waals surface area contributed by atoms with E-state index >= 15 is 0 Å². The lowest BCUT2D eigenvalue weighted by Gasteiger charge is -2.06. The fourth-order valence-corrected chi connectivity index (χ4v) is 3.60. The van der Waals surface area contributed by atoms with E-state index in [4.69, 9.17) is 14.9 Å². The molecular formula is C20H16N2O3S. The minimum absolute atomic E-state index is 0.00244. The predicted octanol–water partition coefficient (Wildman–Crippen LogP) is 4.98. The van der Waals surface area contributed by atoms with Gasteiger partial charge in [-0.3, -0.25) is 0 Å². The number of carbonyl (C=O) groups excluding carboxylic acids is 1. The number of nitrogens with two attached hydrogens (primary N) is 1. The predicted molar refractivity (Wildman–Crippen MR) is 103 cm³/mol. The van der Waals surface area contributed by atoms with Gasteiger partial charge in [0.2, 0.25) is 11.5 Å². The summed E-state index contributed by atoms with van der Waals surface area (Å²) in [5.74, 6) is -0.584. The lowest BCUT2D eigenvalue weighted by molar-refractivity contribution is 0.0494. The molecule has 26 heavy (non-hydrogen) atoms. The SMILES string of the molecule is CCOC(=O)c1oc2nc(-c3ccccc3)cc(-c3cccs3)c2c1N. The highest BCUT2D eigenvalue weighted by molar-refractivity contribution is 7.13. The summed E-state index contributed by atoms with van der Waals surface area (Å²) in [5.41, 5.74) is 9.43. The molecule has 0 saturated carbocycles. The highest BCUT2D eigenvalue weighted by Gasteiger charge is 2.24. The van der Waals surface area contributed by atoms with Crippen molar-refractivity contribution in [2.45, 2.75) is 6.92 Å². The van der Waals surface area contributed by atoms with Gasteiger partial charge in [0.25, 0.3) is 0 Å². The van der Waals surface area contributed by atoms with E-state index in [0.29, 0.717) is 11.1 Å². The number of aromatic nitrogens is 1. The van der Waals surface area contributed by atoms with E-state index in [1.54, 1.807) is 18.3 Å². The second kappa shape index (κ2) is 6.65. The lowest BCUT2D eigenvalue weighted by atomic mass is 10.0. The molecule has 0 radical (unpaired) electrons. The number of nitrogens with zero attached hydrogens (tertiary/aromatic N) is 1. The van der Waals surface area contributed by atoms with Gasteiger partial charge < -0.3 is 14.9 Å². The zero-order chi connectivity index (χ0) is 18.1. The number of nitrogen functional groups attached to an aromatic ring is 1. The average molecular weight is 364 g/mol. The highest BCUT2D eigenvalue weighted by atomic mass is 32.1. The fraction of sp³-hybridized carbons (Fsp3) is 0.100. The van der Waals surface area contributed by atoms with Crippen LogP contribution < -0.4 is 5.73 Å². The number of benzene rings is 1. The smallest absolute Gasteiger partial charge is 0.376 e. The Labute approximate surface area is 154 Å². The van der Waals surface area contributed by atoms with Gasteiger partial charge in [-0.15, -0.1) is 11.3 Å². The van der Waals surface area contributed by atoms with Gasteiger partial charge in [-0.25, -0.2) is 9.78 Å². The number of carbonyl (C=O) groups is 1. The number of hydrogen-bond acceptors (Lipinski definition) is 6. The number of hydrogen-bond donors (Lipinski definition) is 1. The monoisotopic (exact) mass is 364 g/mol. The van der Waals surface area contributed by atoms with Crippen molar-refractivity contribution in [2.24, 2.45) is 0 Å². The van der Waals surface area contributed by atoms with E-state index in [9.17, 15) is 4.79 Å². The number of rotatable bonds is 4. The molecule has 0 amide bonds. The summed E-state index contributed by atoms with van der Waals surface area (Å²) in [6, 6.07) is 15.8. The molecule has 130 valence electrons. The normalized spacial score (nSPS) is 11.0. The van der Waals surface area contributed by atoms with Crippen LogP contribution in [-0.4, -0.2) is 17.6 Å². The summed E-state index contributed by atoms with van der Waals surface area (Å²) < 4.78 is 10.8. The van der Waals surface area contributed by atoms with Crippen molar-refractivity contribution in [1.29, 1.82) is 0 Å². The van der Waals surface area contributed by atoms with Crippen LogP contribution in [0.25, 0.3) is 32.8 Å². The van der Waals surface area contributed by atoms with Crippen LogP contribution >= 0.6 is 11.3 Å². The third-order valence-corrected chi connectivity index (χ3v) is 4.92. The van der Waals surface area contributed by atoms with Gasteiger partial charge in [0.05, 0.1) is 23.4 Å². The largest absolute Gasteiger partial charge is 0.460 e.